The summed E-state index contributed by atoms with van der Waals surface area (Å²) in [5.74, 6) is -0.939. The van der Waals surface area contributed by atoms with E-state index in [1.165, 1.54) is 16.4 Å². The van der Waals surface area contributed by atoms with Gasteiger partial charge in [0, 0.05) is 25.3 Å². The largest absolute Gasteiger partial charge is 0.489 e. The maximum atomic E-state index is 12.6. The second kappa shape index (κ2) is 11.2. The number of carbonyl (C=O) groups excluding carboxylic acids is 2. The Balaban J connectivity index is 1.24. The van der Waals surface area contributed by atoms with Crippen LogP contribution in [0.5, 0.6) is 5.75 Å². The van der Waals surface area contributed by atoms with E-state index in [4.69, 9.17) is 4.74 Å². The van der Waals surface area contributed by atoms with Gasteiger partial charge in [-0.25, -0.2) is 8.42 Å². The number of ether oxygens (including phenoxy) is 1. The molecule has 3 aromatic carbocycles. The van der Waals surface area contributed by atoms with Crippen molar-refractivity contribution >= 4 is 27.5 Å². The second-order valence-corrected chi connectivity index (χ2v) is 10.1. The van der Waals surface area contributed by atoms with Crippen LogP contribution in [0.1, 0.15) is 24.0 Å². The Kier molecular flexibility index (Phi) is 7.79. The standard InChI is InChI=1S/C26H27N3O5S/c30-25(27-18-20-8-14-24(15-9-20)35(32,33)29-16-4-5-17-29)26(31)28-22-10-12-23(13-11-22)34-19-21-6-2-1-3-7-21/h1-3,6-15H,4-5,16-19H2,(H,27,30)(H,28,31). The van der Waals surface area contributed by atoms with Crippen LogP contribution in [0, 0.1) is 0 Å². The number of nitrogens with one attached hydrogen (secondary N) is 2. The van der Waals surface area contributed by atoms with Crippen LogP contribution in [0.4, 0.5) is 5.69 Å². The number of carbonyl (C=O) groups is 2. The van der Waals surface area contributed by atoms with Crippen molar-refractivity contribution in [3.63, 3.8) is 0 Å². The van der Waals surface area contributed by atoms with Crippen molar-refractivity contribution in [2.75, 3.05) is 18.4 Å². The minimum absolute atomic E-state index is 0.0998. The molecule has 1 aliphatic heterocycles. The molecule has 1 heterocycles. The fraction of sp³-hybridized carbons (Fsp3) is 0.231. The highest BCUT2D eigenvalue weighted by Crippen LogP contribution is 2.21. The van der Waals surface area contributed by atoms with Crippen LogP contribution >= 0.6 is 0 Å². The summed E-state index contributed by atoms with van der Waals surface area (Å²) in [6, 6.07) is 22.8. The number of hydrogen-bond acceptors (Lipinski definition) is 5. The molecule has 0 bridgehead atoms. The third-order valence-electron chi connectivity index (χ3n) is 5.65. The third kappa shape index (κ3) is 6.46. The van der Waals surface area contributed by atoms with Crippen molar-refractivity contribution in [1.29, 1.82) is 0 Å². The lowest BCUT2D eigenvalue weighted by molar-refractivity contribution is -0.136. The number of rotatable bonds is 8. The second-order valence-electron chi connectivity index (χ2n) is 8.19. The average Bonchev–Trinajstić information content (AvgIpc) is 3.44. The number of nitrogens with zero attached hydrogens (tertiary/aromatic N) is 1. The predicted molar refractivity (Wildman–Crippen MR) is 132 cm³/mol. The van der Waals surface area contributed by atoms with Crippen molar-refractivity contribution in [2.24, 2.45) is 0 Å². The molecule has 2 amide bonds. The van der Waals surface area contributed by atoms with E-state index in [1.807, 2.05) is 30.3 Å². The van der Waals surface area contributed by atoms with E-state index < -0.39 is 21.8 Å². The van der Waals surface area contributed by atoms with E-state index in [9.17, 15) is 18.0 Å². The van der Waals surface area contributed by atoms with Gasteiger partial charge in [-0.15, -0.1) is 0 Å². The number of anilines is 1. The van der Waals surface area contributed by atoms with Crippen molar-refractivity contribution in [2.45, 2.75) is 30.9 Å². The molecule has 0 radical (unpaired) electrons. The summed E-state index contributed by atoms with van der Waals surface area (Å²) in [6.07, 6.45) is 1.75. The molecule has 8 nitrogen and oxygen atoms in total. The Morgan fingerprint density at radius 1 is 0.800 bits per heavy atom. The van der Waals surface area contributed by atoms with Crippen molar-refractivity contribution in [3.05, 3.63) is 90.0 Å². The van der Waals surface area contributed by atoms with Gasteiger partial charge in [-0.2, -0.15) is 4.31 Å². The van der Waals surface area contributed by atoms with Crippen molar-refractivity contribution in [1.82, 2.24) is 9.62 Å². The molecule has 182 valence electrons. The van der Waals surface area contributed by atoms with E-state index in [2.05, 4.69) is 10.6 Å². The highest BCUT2D eigenvalue weighted by atomic mass is 32.2. The number of sulfonamides is 1. The maximum absolute atomic E-state index is 12.6. The predicted octanol–water partition coefficient (Wildman–Crippen LogP) is 3.31. The van der Waals surface area contributed by atoms with Crippen LogP contribution in [0.2, 0.25) is 0 Å². The summed E-state index contributed by atoms with van der Waals surface area (Å²) in [6.45, 7) is 1.61. The Bertz CT molecular complexity index is 1250. The highest BCUT2D eigenvalue weighted by molar-refractivity contribution is 7.89. The molecule has 0 atom stereocenters. The van der Waals surface area contributed by atoms with E-state index in [-0.39, 0.29) is 11.4 Å². The Morgan fingerprint density at radius 2 is 1.46 bits per heavy atom. The summed E-state index contributed by atoms with van der Waals surface area (Å²) in [5, 5.41) is 5.09. The highest BCUT2D eigenvalue weighted by Gasteiger charge is 2.26. The topological polar surface area (TPSA) is 105 Å². The first-order valence-corrected chi connectivity index (χ1v) is 12.8. The Hall–Kier alpha value is -3.69. The van der Waals surface area contributed by atoms with Crippen LogP contribution in [0.25, 0.3) is 0 Å². The average molecular weight is 494 g/mol. The Morgan fingerprint density at radius 3 is 2.11 bits per heavy atom. The Labute approximate surface area is 205 Å². The van der Waals surface area contributed by atoms with Crippen molar-refractivity contribution < 1.29 is 22.7 Å². The normalized spacial score (nSPS) is 13.8. The molecule has 1 saturated heterocycles. The van der Waals surface area contributed by atoms with Gasteiger partial charge in [-0.05, 0) is 60.4 Å². The lowest BCUT2D eigenvalue weighted by atomic mass is 10.2. The number of benzene rings is 3. The molecular formula is C26H27N3O5S. The van der Waals surface area contributed by atoms with Gasteiger partial charge in [0.25, 0.3) is 0 Å². The molecule has 9 heteroatoms. The maximum Gasteiger partial charge on any atom is 0.313 e. The lowest BCUT2D eigenvalue weighted by Gasteiger charge is -2.15. The zero-order valence-corrected chi connectivity index (χ0v) is 20.0. The first kappa shape index (κ1) is 24.4. The monoisotopic (exact) mass is 493 g/mol. The first-order valence-electron chi connectivity index (χ1n) is 11.4. The van der Waals surface area contributed by atoms with E-state index in [0.29, 0.717) is 36.7 Å². The molecule has 0 aromatic heterocycles. The SMILES string of the molecule is O=C(NCc1ccc(S(=O)(=O)N2CCCC2)cc1)C(=O)Nc1ccc(OCc2ccccc2)cc1. The van der Waals surface area contributed by atoms with Gasteiger partial charge in [0.1, 0.15) is 12.4 Å². The van der Waals surface area contributed by atoms with Gasteiger partial charge in [-0.3, -0.25) is 9.59 Å². The van der Waals surface area contributed by atoms with Crippen LogP contribution in [-0.4, -0.2) is 37.6 Å². The molecule has 3 aromatic rings. The summed E-state index contributed by atoms with van der Waals surface area (Å²) in [5.41, 5.74) is 2.20. The molecule has 0 saturated carbocycles. The summed E-state index contributed by atoms with van der Waals surface area (Å²) in [4.78, 5) is 24.6. The van der Waals surface area contributed by atoms with Crippen LogP contribution in [-0.2, 0) is 32.8 Å². The van der Waals surface area contributed by atoms with Crippen molar-refractivity contribution in [3.8, 4) is 5.75 Å². The van der Waals surface area contributed by atoms with Crippen LogP contribution in [0.15, 0.2) is 83.8 Å². The lowest BCUT2D eigenvalue weighted by Crippen LogP contribution is -2.35. The molecule has 2 N–H and O–H groups in total. The molecule has 35 heavy (non-hydrogen) atoms. The summed E-state index contributed by atoms with van der Waals surface area (Å²) < 4.78 is 32.4. The molecule has 1 fully saturated rings. The number of amides is 2. The molecule has 0 spiro atoms. The molecule has 4 rings (SSSR count). The molecular weight excluding hydrogens is 466 g/mol. The van der Waals surface area contributed by atoms with E-state index in [1.54, 1.807) is 36.4 Å². The molecule has 1 aliphatic rings. The molecule has 0 unspecified atom stereocenters. The third-order valence-corrected chi connectivity index (χ3v) is 7.56. The minimum Gasteiger partial charge on any atom is -0.489 e. The minimum atomic E-state index is -3.48. The zero-order valence-electron chi connectivity index (χ0n) is 19.1. The van der Waals surface area contributed by atoms with Gasteiger partial charge in [0.2, 0.25) is 10.0 Å². The van der Waals surface area contributed by atoms with E-state index >= 15 is 0 Å². The van der Waals surface area contributed by atoms with Crippen LogP contribution < -0.4 is 15.4 Å². The zero-order chi connectivity index (χ0) is 24.7. The van der Waals surface area contributed by atoms with E-state index in [0.717, 1.165) is 18.4 Å². The van der Waals surface area contributed by atoms with Gasteiger partial charge in [-0.1, -0.05) is 42.5 Å². The molecule has 0 aliphatic carbocycles. The number of hydrogen-bond donors (Lipinski definition) is 2. The smallest absolute Gasteiger partial charge is 0.313 e. The summed E-state index contributed by atoms with van der Waals surface area (Å²) >= 11 is 0. The van der Waals surface area contributed by atoms with Gasteiger partial charge < -0.3 is 15.4 Å². The quantitative estimate of drug-likeness (QED) is 0.469. The fourth-order valence-corrected chi connectivity index (χ4v) is 5.20. The fourth-order valence-electron chi connectivity index (χ4n) is 3.68. The van der Waals surface area contributed by atoms with Crippen LogP contribution in [0.3, 0.4) is 0 Å². The summed E-state index contributed by atoms with van der Waals surface area (Å²) in [7, 11) is -3.48. The first-order chi connectivity index (χ1) is 16.9. The van der Waals surface area contributed by atoms with Gasteiger partial charge in [0.05, 0.1) is 4.90 Å². The van der Waals surface area contributed by atoms with Gasteiger partial charge in [0.15, 0.2) is 0 Å². The van der Waals surface area contributed by atoms with Gasteiger partial charge >= 0.3 is 11.8 Å².